The SMILES string of the molecule is CC(Oc1ccc2cnccc2c1)C(=O)NO. The van der Waals surface area contributed by atoms with E-state index < -0.39 is 12.0 Å². The molecule has 2 aromatic rings. The molecule has 0 bridgehead atoms. The first kappa shape index (κ1) is 11.3. The highest BCUT2D eigenvalue weighted by Gasteiger charge is 2.13. The topological polar surface area (TPSA) is 71.5 Å². The monoisotopic (exact) mass is 232 g/mol. The first-order chi connectivity index (χ1) is 8.20. The summed E-state index contributed by atoms with van der Waals surface area (Å²) >= 11 is 0. The van der Waals surface area contributed by atoms with E-state index >= 15 is 0 Å². The summed E-state index contributed by atoms with van der Waals surface area (Å²) in [7, 11) is 0. The average Bonchev–Trinajstić information content (AvgIpc) is 2.37. The van der Waals surface area contributed by atoms with E-state index in [0.29, 0.717) is 5.75 Å². The highest BCUT2D eigenvalue weighted by atomic mass is 16.5. The summed E-state index contributed by atoms with van der Waals surface area (Å²) < 4.78 is 5.38. The van der Waals surface area contributed by atoms with Crippen LogP contribution in [-0.2, 0) is 4.79 Å². The number of hydrogen-bond donors (Lipinski definition) is 2. The van der Waals surface area contributed by atoms with Crippen LogP contribution in [0.3, 0.4) is 0 Å². The minimum Gasteiger partial charge on any atom is -0.481 e. The molecule has 1 heterocycles. The Labute approximate surface area is 98.0 Å². The molecule has 0 spiro atoms. The van der Waals surface area contributed by atoms with E-state index in [1.807, 2.05) is 18.2 Å². The van der Waals surface area contributed by atoms with Crippen molar-refractivity contribution >= 4 is 16.7 Å². The Morgan fingerprint density at radius 2 is 2.24 bits per heavy atom. The molecule has 1 amide bonds. The van der Waals surface area contributed by atoms with E-state index in [1.54, 1.807) is 30.9 Å². The van der Waals surface area contributed by atoms with Crippen molar-refractivity contribution in [1.29, 1.82) is 0 Å². The van der Waals surface area contributed by atoms with Crippen molar-refractivity contribution in [2.45, 2.75) is 13.0 Å². The van der Waals surface area contributed by atoms with Gasteiger partial charge in [-0.15, -0.1) is 0 Å². The highest BCUT2D eigenvalue weighted by Crippen LogP contribution is 2.20. The van der Waals surface area contributed by atoms with Crippen LogP contribution in [-0.4, -0.2) is 22.2 Å². The Balaban J connectivity index is 2.22. The first-order valence-corrected chi connectivity index (χ1v) is 5.15. The van der Waals surface area contributed by atoms with Gasteiger partial charge in [-0.3, -0.25) is 15.0 Å². The Morgan fingerprint density at radius 1 is 1.41 bits per heavy atom. The second-order valence-electron chi connectivity index (χ2n) is 3.62. The Bertz CT molecular complexity index is 542. The van der Waals surface area contributed by atoms with Crippen LogP contribution in [0.5, 0.6) is 5.75 Å². The van der Waals surface area contributed by atoms with Gasteiger partial charge in [-0.05, 0) is 36.6 Å². The maximum Gasteiger partial charge on any atom is 0.284 e. The fourth-order valence-corrected chi connectivity index (χ4v) is 1.48. The van der Waals surface area contributed by atoms with E-state index in [2.05, 4.69) is 4.98 Å². The molecule has 5 heteroatoms. The fourth-order valence-electron chi connectivity index (χ4n) is 1.48. The van der Waals surface area contributed by atoms with Crippen molar-refractivity contribution in [2.24, 2.45) is 0 Å². The standard InChI is InChI=1S/C12H12N2O3/c1-8(12(15)14-16)17-11-3-2-10-7-13-5-4-9(10)6-11/h2-8,16H,1H3,(H,14,15). The second kappa shape index (κ2) is 4.80. The van der Waals surface area contributed by atoms with Crippen molar-refractivity contribution in [2.75, 3.05) is 0 Å². The molecule has 1 aromatic heterocycles. The molecule has 2 N–H and O–H groups in total. The van der Waals surface area contributed by atoms with Gasteiger partial charge in [-0.1, -0.05) is 0 Å². The van der Waals surface area contributed by atoms with Gasteiger partial charge in [0, 0.05) is 17.8 Å². The summed E-state index contributed by atoms with van der Waals surface area (Å²) in [4.78, 5) is 15.1. The van der Waals surface area contributed by atoms with Crippen LogP contribution in [0.2, 0.25) is 0 Å². The van der Waals surface area contributed by atoms with Crippen molar-refractivity contribution in [3.05, 3.63) is 36.7 Å². The van der Waals surface area contributed by atoms with Crippen LogP contribution >= 0.6 is 0 Å². The van der Waals surface area contributed by atoms with Crippen molar-refractivity contribution in [3.8, 4) is 5.75 Å². The number of nitrogens with zero attached hydrogens (tertiary/aromatic N) is 1. The molecule has 0 saturated heterocycles. The van der Waals surface area contributed by atoms with Gasteiger partial charge < -0.3 is 4.74 Å². The number of ether oxygens (including phenoxy) is 1. The first-order valence-electron chi connectivity index (χ1n) is 5.15. The number of benzene rings is 1. The van der Waals surface area contributed by atoms with Crippen molar-refractivity contribution in [1.82, 2.24) is 10.5 Å². The number of amides is 1. The molecule has 88 valence electrons. The zero-order valence-electron chi connectivity index (χ0n) is 9.25. The van der Waals surface area contributed by atoms with Gasteiger partial charge in [0.15, 0.2) is 6.10 Å². The normalized spacial score (nSPS) is 12.1. The quantitative estimate of drug-likeness (QED) is 0.621. The molecule has 17 heavy (non-hydrogen) atoms. The predicted molar refractivity (Wildman–Crippen MR) is 61.8 cm³/mol. The molecule has 1 aromatic carbocycles. The second-order valence-corrected chi connectivity index (χ2v) is 3.62. The number of aromatic nitrogens is 1. The number of fused-ring (bicyclic) bond motifs is 1. The van der Waals surface area contributed by atoms with Crippen molar-refractivity contribution in [3.63, 3.8) is 0 Å². The number of hydroxylamine groups is 1. The lowest BCUT2D eigenvalue weighted by Gasteiger charge is -2.12. The summed E-state index contributed by atoms with van der Waals surface area (Å²) in [5, 5.41) is 10.4. The predicted octanol–water partition coefficient (Wildman–Crippen LogP) is 1.51. The number of carbonyl (C=O) groups excluding carboxylic acids is 1. The van der Waals surface area contributed by atoms with E-state index in [1.165, 1.54) is 0 Å². The molecule has 0 aliphatic carbocycles. The van der Waals surface area contributed by atoms with Crippen molar-refractivity contribution < 1.29 is 14.7 Å². The molecule has 2 rings (SSSR count). The maximum absolute atomic E-state index is 11.1. The number of pyridine rings is 1. The van der Waals surface area contributed by atoms with E-state index in [0.717, 1.165) is 10.8 Å². The maximum atomic E-state index is 11.1. The average molecular weight is 232 g/mol. The van der Waals surface area contributed by atoms with E-state index in [-0.39, 0.29) is 0 Å². The minimum atomic E-state index is -0.751. The number of nitrogens with one attached hydrogen (secondary N) is 1. The zero-order chi connectivity index (χ0) is 12.3. The molecule has 5 nitrogen and oxygen atoms in total. The van der Waals surface area contributed by atoms with Gasteiger partial charge in [0.1, 0.15) is 5.75 Å². The number of hydrogen-bond acceptors (Lipinski definition) is 4. The zero-order valence-corrected chi connectivity index (χ0v) is 9.25. The smallest absolute Gasteiger partial charge is 0.284 e. The summed E-state index contributed by atoms with van der Waals surface area (Å²) in [6, 6.07) is 7.30. The van der Waals surface area contributed by atoms with Gasteiger partial charge in [0.05, 0.1) is 0 Å². The van der Waals surface area contributed by atoms with Gasteiger partial charge in [0.25, 0.3) is 5.91 Å². The summed E-state index contributed by atoms with van der Waals surface area (Å²) in [5.74, 6) is -0.0142. The summed E-state index contributed by atoms with van der Waals surface area (Å²) in [6.45, 7) is 1.56. The highest BCUT2D eigenvalue weighted by molar-refractivity contribution is 5.83. The van der Waals surface area contributed by atoms with Gasteiger partial charge >= 0.3 is 0 Å². The number of carbonyl (C=O) groups is 1. The lowest BCUT2D eigenvalue weighted by Crippen LogP contribution is -2.34. The van der Waals surface area contributed by atoms with Crippen LogP contribution in [0.25, 0.3) is 10.8 Å². The van der Waals surface area contributed by atoms with Crippen LogP contribution in [0.4, 0.5) is 0 Å². The van der Waals surface area contributed by atoms with Gasteiger partial charge in [0.2, 0.25) is 0 Å². The fraction of sp³-hybridized carbons (Fsp3) is 0.167. The molecule has 0 aliphatic rings. The van der Waals surface area contributed by atoms with Crippen LogP contribution in [0.1, 0.15) is 6.92 Å². The number of rotatable bonds is 3. The lowest BCUT2D eigenvalue weighted by atomic mass is 10.2. The summed E-state index contributed by atoms with van der Waals surface area (Å²) in [6.07, 6.45) is 2.69. The van der Waals surface area contributed by atoms with Gasteiger partial charge in [-0.25, -0.2) is 5.48 Å². The molecule has 1 unspecified atom stereocenters. The lowest BCUT2D eigenvalue weighted by molar-refractivity contribution is -0.135. The van der Waals surface area contributed by atoms with Crippen LogP contribution in [0, 0.1) is 0 Å². The molecule has 0 fully saturated rings. The molecular formula is C12H12N2O3. The van der Waals surface area contributed by atoms with Gasteiger partial charge in [-0.2, -0.15) is 0 Å². The van der Waals surface area contributed by atoms with E-state index in [4.69, 9.17) is 9.94 Å². The molecule has 0 saturated carbocycles. The third-order valence-electron chi connectivity index (χ3n) is 2.40. The molecular weight excluding hydrogens is 220 g/mol. The Hall–Kier alpha value is -2.14. The third kappa shape index (κ3) is 2.51. The van der Waals surface area contributed by atoms with Crippen LogP contribution < -0.4 is 10.2 Å². The third-order valence-corrected chi connectivity index (χ3v) is 2.40. The largest absolute Gasteiger partial charge is 0.481 e. The molecule has 0 radical (unpaired) electrons. The Morgan fingerprint density at radius 3 is 3.00 bits per heavy atom. The van der Waals surface area contributed by atoms with E-state index in [9.17, 15) is 4.79 Å². The summed E-state index contributed by atoms with van der Waals surface area (Å²) in [5.41, 5.74) is 1.55. The Kier molecular flexibility index (Phi) is 3.20. The minimum absolute atomic E-state index is 0.569. The van der Waals surface area contributed by atoms with Crippen LogP contribution in [0.15, 0.2) is 36.7 Å². The molecule has 0 aliphatic heterocycles. The molecule has 1 atom stereocenters.